The van der Waals surface area contributed by atoms with E-state index >= 15 is 0 Å². The molecule has 0 amide bonds. The van der Waals surface area contributed by atoms with Gasteiger partial charge in [0.05, 0.1) is 5.41 Å². The number of rotatable bonds is 2. The van der Waals surface area contributed by atoms with Crippen molar-refractivity contribution in [3.8, 4) is 5.75 Å². The van der Waals surface area contributed by atoms with E-state index in [0.717, 1.165) is 23.1 Å². The molecule has 1 aromatic carbocycles. The number of carbonyl (C=O) groups is 1. The summed E-state index contributed by atoms with van der Waals surface area (Å²) < 4.78 is 0. The van der Waals surface area contributed by atoms with E-state index in [0.29, 0.717) is 18.4 Å². The molecule has 0 saturated heterocycles. The maximum atomic E-state index is 11.5. The third-order valence-electron chi connectivity index (χ3n) is 4.11. The van der Waals surface area contributed by atoms with Gasteiger partial charge in [0.25, 0.3) is 0 Å². The lowest BCUT2D eigenvalue weighted by Crippen LogP contribution is -2.43. The van der Waals surface area contributed by atoms with Gasteiger partial charge in [-0.05, 0) is 50.3 Å². The predicted octanol–water partition coefficient (Wildman–Crippen LogP) is 2.82. The first-order chi connectivity index (χ1) is 7.90. The number of hydrogen-bond acceptors (Lipinski definition) is 2. The Morgan fingerprint density at radius 3 is 2.24 bits per heavy atom. The molecule has 92 valence electrons. The summed E-state index contributed by atoms with van der Waals surface area (Å²) in [5.74, 6) is -0.644. The molecule has 0 atom stereocenters. The zero-order valence-corrected chi connectivity index (χ0v) is 10.5. The van der Waals surface area contributed by atoms with Crippen molar-refractivity contribution in [3.05, 3.63) is 28.3 Å². The van der Waals surface area contributed by atoms with Gasteiger partial charge in [-0.3, -0.25) is 4.79 Å². The Hall–Kier alpha value is -1.51. The number of aliphatic carboxylic acids is 1. The molecule has 0 heterocycles. The van der Waals surface area contributed by atoms with Crippen LogP contribution in [0.4, 0.5) is 0 Å². The molecule has 1 aliphatic rings. The van der Waals surface area contributed by atoms with Crippen LogP contribution in [-0.4, -0.2) is 16.2 Å². The van der Waals surface area contributed by atoms with E-state index in [-0.39, 0.29) is 5.75 Å². The molecule has 0 radical (unpaired) electrons. The average molecular weight is 234 g/mol. The van der Waals surface area contributed by atoms with Crippen molar-refractivity contribution >= 4 is 5.97 Å². The maximum absolute atomic E-state index is 11.5. The summed E-state index contributed by atoms with van der Waals surface area (Å²) in [6.07, 6.45) is 2.16. The minimum Gasteiger partial charge on any atom is -0.507 e. The second-order valence-electron chi connectivity index (χ2n) is 5.10. The Morgan fingerprint density at radius 1 is 1.24 bits per heavy atom. The van der Waals surface area contributed by atoms with Gasteiger partial charge < -0.3 is 10.2 Å². The van der Waals surface area contributed by atoms with Crippen LogP contribution in [0.1, 0.15) is 41.5 Å². The van der Waals surface area contributed by atoms with Gasteiger partial charge in [-0.2, -0.15) is 0 Å². The average Bonchev–Trinajstić information content (AvgIpc) is 2.17. The lowest BCUT2D eigenvalue weighted by molar-refractivity contribution is -0.147. The number of phenolic OH excluding ortho intramolecular Hbond substituents is 1. The number of carboxylic acid groups (broad SMARTS) is 1. The highest BCUT2D eigenvalue weighted by atomic mass is 16.4. The lowest BCUT2D eigenvalue weighted by Gasteiger charge is -2.39. The first-order valence-corrected chi connectivity index (χ1v) is 5.94. The molecule has 3 heteroatoms. The van der Waals surface area contributed by atoms with E-state index in [4.69, 9.17) is 0 Å². The first kappa shape index (κ1) is 12.0. The van der Waals surface area contributed by atoms with Crippen molar-refractivity contribution in [1.29, 1.82) is 0 Å². The van der Waals surface area contributed by atoms with E-state index in [1.165, 1.54) is 0 Å². The number of phenols is 1. The Labute approximate surface area is 101 Å². The van der Waals surface area contributed by atoms with Gasteiger partial charge in [-0.1, -0.05) is 12.5 Å². The molecule has 0 bridgehead atoms. The number of carboxylic acids is 1. The Kier molecular flexibility index (Phi) is 2.64. The molecular weight excluding hydrogens is 216 g/mol. The van der Waals surface area contributed by atoms with Crippen LogP contribution in [0, 0.1) is 20.8 Å². The summed E-state index contributed by atoms with van der Waals surface area (Å²) >= 11 is 0. The van der Waals surface area contributed by atoms with Crippen molar-refractivity contribution in [3.63, 3.8) is 0 Å². The van der Waals surface area contributed by atoms with E-state index < -0.39 is 11.4 Å². The smallest absolute Gasteiger partial charge is 0.314 e. The lowest BCUT2D eigenvalue weighted by atomic mass is 9.62. The van der Waals surface area contributed by atoms with Crippen LogP contribution in [0.15, 0.2) is 6.07 Å². The number of hydrogen-bond donors (Lipinski definition) is 2. The largest absolute Gasteiger partial charge is 0.507 e. The van der Waals surface area contributed by atoms with Crippen molar-refractivity contribution in [1.82, 2.24) is 0 Å². The van der Waals surface area contributed by atoms with Gasteiger partial charge in [-0.15, -0.1) is 0 Å². The highest BCUT2D eigenvalue weighted by Gasteiger charge is 2.48. The normalized spacial score (nSPS) is 17.6. The van der Waals surface area contributed by atoms with Crippen LogP contribution in [-0.2, 0) is 10.2 Å². The molecule has 17 heavy (non-hydrogen) atoms. The standard InChI is InChI=1S/C14H18O3/c1-8-7-9(2)11(12(15)10(8)3)14(13(16)17)5-4-6-14/h7,15H,4-6H2,1-3H3,(H,16,17). The molecule has 1 fully saturated rings. The van der Waals surface area contributed by atoms with Crippen molar-refractivity contribution in [2.24, 2.45) is 0 Å². The monoisotopic (exact) mass is 234 g/mol. The molecule has 0 aromatic heterocycles. The van der Waals surface area contributed by atoms with Crippen molar-refractivity contribution < 1.29 is 15.0 Å². The third kappa shape index (κ3) is 1.53. The Morgan fingerprint density at radius 2 is 1.82 bits per heavy atom. The molecule has 1 aliphatic carbocycles. The summed E-state index contributed by atoms with van der Waals surface area (Å²) in [5.41, 5.74) is 2.45. The SMILES string of the molecule is Cc1cc(C)c(C2(C(=O)O)CCC2)c(O)c1C. The predicted molar refractivity (Wildman–Crippen MR) is 65.5 cm³/mol. The summed E-state index contributed by atoms with van der Waals surface area (Å²) in [6, 6.07) is 1.97. The van der Waals surface area contributed by atoms with E-state index in [9.17, 15) is 15.0 Å². The molecule has 3 nitrogen and oxygen atoms in total. The van der Waals surface area contributed by atoms with Gasteiger partial charge in [0.1, 0.15) is 5.75 Å². The summed E-state index contributed by atoms with van der Waals surface area (Å²) in [4.78, 5) is 11.5. The molecule has 2 N–H and O–H groups in total. The van der Waals surface area contributed by atoms with Crippen LogP contribution in [0.3, 0.4) is 0 Å². The summed E-state index contributed by atoms with van der Waals surface area (Å²) in [6.45, 7) is 5.65. The van der Waals surface area contributed by atoms with E-state index in [1.54, 1.807) is 0 Å². The van der Waals surface area contributed by atoms with Gasteiger partial charge in [0.2, 0.25) is 0 Å². The molecule has 0 aliphatic heterocycles. The molecule has 0 unspecified atom stereocenters. The quantitative estimate of drug-likeness (QED) is 0.827. The van der Waals surface area contributed by atoms with Crippen LogP contribution in [0.2, 0.25) is 0 Å². The fourth-order valence-electron chi connectivity index (χ4n) is 2.77. The number of aromatic hydroxyl groups is 1. The topological polar surface area (TPSA) is 57.5 Å². The number of aryl methyl sites for hydroxylation is 2. The van der Waals surface area contributed by atoms with Crippen LogP contribution < -0.4 is 0 Å². The first-order valence-electron chi connectivity index (χ1n) is 5.94. The molecule has 2 rings (SSSR count). The maximum Gasteiger partial charge on any atom is 0.314 e. The third-order valence-corrected chi connectivity index (χ3v) is 4.11. The summed E-state index contributed by atoms with van der Waals surface area (Å²) in [5, 5.41) is 19.7. The van der Waals surface area contributed by atoms with Gasteiger partial charge >= 0.3 is 5.97 Å². The molecule has 1 aromatic rings. The zero-order chi connectivity index (χ0) is 12.8. The number of benzene rings is 1. The van der Waals surface area contributed by atoms with Crippen molar-refractivity contribution in [2.45, 2.75) is 45.4 Å². The van der Waals surface area contributed by atoms with E-state index in [2.05, 4.69) is 0 Å². The molecule has 1 saturated carbocycles. The Balaban J connectivity index is 2.67. The van der Waals surface area contributed by atoms with Crippen molar-refractivity contribution in [2.75, 3.05) is 0 Å². The molecule has 0 spiro atoms. The minimum atomic E-state index is -0.855. The zero-order valence-electron chi connectivity index (χ0n) is 10.5. The van der Waals surface area contributed by atoms with Gasteiger partial charge in [0.15, 0.2) is 0 Å². The van der Waals surface area contributed by atoms with E-state index in [1.807, 2.05) is 26.8 Å². The van der Waals surface area contributed by atoms with Crippen LogP contribution in [0.25, 0.3) is 0 Å². The van der Waals surface area contributed by atoms with Gasteiger partial charge in [0, 0.05) is 5.56 Å². The second-order valence-corrected chi connectivity index (χ2v) is 5.10. The molecular formula is C14H18O3. The second kappa shape index (κ2) is 3.76. The fraction of sp³-hybridized carbons (Fsp3) is 0.500. The minimum absolute atomic E-state index is 0.171. The highest BCUT2D eigenvalue weighted by molar-refractivity contribution is 5.84. The van der Waals surface area contributed by atoms with Gasteiger partial charge in [-0.25, -0.2) is 0 Å². The van der Waals surface area contributed by atoms with Crippen LogP contribution in [0.5, 0.6) is 5.75 Å². The highest BCUT2D eigenvalue weighted by Crippen LogP contribution is 2.49. The fourth-order valence-corrected chi connectivity index (χ4v) is 2.77. The Bertz CT molecular complexity index is 485. The summed E-state index contributed by atoms with van der Waals surface area (Å²) in [7, 11) is 0. The van der Waals surface area contributed by atoms with Crippen LogP contribution >= 0.6 is 0 Å².